The maximum atomic E-state index is 12.1. The number of hydrogen-bond acceptors (Lipinski definition) is 6. The third-order valence-corrected chi connectivity index (χ3v) is 4.82. The van der Waals surface area contributed by atoms with E-state index in [1.165, 1.54) is 0 Å². The molecule has 2 fully saturated rings. The molecule has 0 saturated carbocycles. The predicted molar refractivity (Wildman–Crippen MR) is 97.3 cm³/mol. The third kappa shape index (κ3) is 6.42. The Morgan fingerprint density at radius 3 is 1.48 bits per heavy atom. The molecule has 0 bridgehead atoms. The number of piperidine rings is 2. The second kappa shape index (κ2) is 6.71. The highest BCUT2D eigenvalue weighted by molar-refractivity contribution is 5.59. The second-order valence-electron chi connectivity index (χ2n) is 10.4. The van der Waals surface area contributed by atoms with E-state index < -0.39 is 6.16 Å². The molecule has 6 nitrogen and oxygen atoms in total. The lowest BCUT2D eigenvalue weighted by atomic mass is 9.81. The average molecular weight is 357 g/mol. The first-order chi connectivity index (χ1) is 11.2. The first kappa shape index (κ1) is 20.5. The van der Waals surface area contributed by atoms with Gasteiger partial charge in [0.25, 0.3) is 0 Å². The summed E-state index contributed by atoms with van der Waals surface area (Å²) in [5.41, 5.74) is -0.307. The summed E-state index contributed by atoms with van der Waals surface area (Å²) in [6, 6.07) is 0. The van der Waals surface area contributed by atoms with Crippen LogP contribution in [0, 0.1) is 0 Å². The lowest BCUT2D eigenvalue weighted by molar-refractivity contribution is -0.300. The zero-order valence-corrected chi connectivity index (χ0v) is 17.1. The highest BCUT2D eigenvalue weighted by atomic mass is 17.2. The number of rotatable bonds is 3. The standard InChI is InChI=1S/C19H36N2O4/c1-16(2)9-13(10-17(3,4)20-16)23-15(22)25-24-14-11-18(5,6)21-19(7,8)12-14/h13-14,20-21H,9-12H2,1-8H3. The summed E-state index contributed by atoms with van der Waals surface area (Å²) >= 11 is 0. The lowest BCUT2D eigenvalue weighted by Gasteiger charge is -2.46. The molecule has 0 aromatic heterocycles. The van der Waals surface area contributed by atoms with Crippen LogP contribution in [-0.2, 0) is 14.5 Å². The summed E-state index contributed by atoms with van der Waals surface area (Å²) in [7, 11) is 0. The van der Waals surface area contributed by atoms with Crippen LogP contribution in [0.25, 0.3) is 0 Å². The molecule has 0 radical (unpaired) electrons. The van der Waals surface area contributed by atoms with Crippen molar-refractivity contribution in [1.29, 1.82) is 0 Å². The van der Waals surface area contributed by atoms with Crippen molar-refractivity contribution in [1.82, 2.24) is 10.6 Å². The van der Waals surface area contributed by atoms with Crippen molar-refractivity contribution in [3.63, 3.8) is 0 Å². The van der Waals surface area contributed by atoms with Gasteiger partial charge in [0, 0.05) is 35.0 Å². The Hall–Kier alpha value is -0.850. The van der Waals surface area contributed by atoms with Gasteiger partial charge in [0.2, 0.25) is 0 Å². The molecule has 0 aliphatic carbocycles. The summed E-state index contributed by atoms with van der Waals surface area (Å²) in [6.45, 7) is 17.0. The third-order valence-electron chi connectivity index (χ3n) is 4.82. The molecule has 2 heterocycles. The van der Waals surface area contributed by atoms with Gasteiger partial charge in [0.05, 0.1) is 0 Å². The smallest absolute Gasteiger partial charge is 0.429 e. The topological polar surface area (TPSA) is 68.8 Å². The van der Waals surface area contributed by atoms with Crippen molar-refractivity contribution in [3.05, 3.63) is 0 Å². The van der Waals surface area contributed by atoms with Crippen LogP contribution in [0.15, 0.2) is 0 Å². The van der Waals surface area contributed by atoms with Gasteiger partial charge in [-0.15, -0.1) is 0 Å². The van der Waals surface area contributed by atoms with Crippen LogP contribution in [0.2, 0.25) is 0 Å². The van der Waals surface area contributed by atoms with Crippen LogP contribution < -0.4 is 10.6 Å². The molecule has 25 heavy (non-hydrogen) atoms. The van der Waals surface area contributed by atoms with Gasteiger partial charge in [-0.1, -0.05) is 0 Å². The molecule has 146 valence electrons. The number of carbonyl (C=O) groups is 1. The summed E-state index contributed by atoms with van der Waals surface area (Å²) < 4.78 is 5.52. The molecule has 0 aromatic carbocycles. The van der Waals surface area contributed by atoms with E-state index in [1.54, 1.807) is 0 Å². The molecule has 0 amide bonds. The highest BCUT2D eigenvalue weighted by Crippen LogP contribution is 2.32. The molecule has 0 atom stereocenters. The van der Waals surface area contributed by atoms with E-state index in [1.807, 2.05) is 0 Å². The van der Waals surface area contributed by atoms with Crippen molar-refractivity contribution in [2.24, 2.45) is 0 Å². The first-order valence-corrected chi connectivity index (χ1v) is 9.30. The van der Waals surface area contributed by atoms with Gasteiger partial charge >= 0.3 is 6.16 Å². The Morgan fingerprint density at radius 1 is 0.720 bits per heavy atom. The van der Waals surface area contributed by atoms with Gasteiger partial charge in [-0.25, -0.2) is 4.79 Å². The minimum atomic E-state index is -0.743. The molecular formula is C19H36N2O4. The molecule has 0 unspecified atom stereocenters. The zero-order valence-electron chi connectivity index (χ0n) is 17.1. The van der Waals surface area contributed by atoms with Crippen LogP contribution in [0.1, 0.15) is 81.1 Å². The summed E-state index contributed by atoms with van der Waals surface area (Å²) in [5.74, 6) is 0. The quantitative estimate of drug-likeness (QED) is 0.457. The monoisotopic (exact) mass is 356 g/mol. The number of hydrogen-bond donors (Lipinski definition) is 2. The molecule has 2 aliphatic rings. The largest absolute Gasteiger partial charge is 0.540 e. The molecule has 2 aliphatic heterocycles. The van der Waals surface area contributed by atoms with Gasteiger partial charge in [0.1, 0.15) is 12.2 Å². The Labute approximate surface area is 152 Å². The molecule has 2 N–H and O–H groups in total. The van der Waals surface area contributed by atoms with E-state index in [4.69, 9.17) is 14.5 Å². The Kier molecular flexibility index (Phi) is 5.49. The number of nitrogens with one attached hydrogen (secondary N) is 2. The van der Waals surface area contributed by atoms with E-state index in [0.717, 1.165) is 25.7 Å². The van der Waals surface area contributed by atoms with E-state index in [9.17, 15) is 4.79 Å². The fourth-order valence-corrected chi connectivity index (χ4v) is 4.87. The number of carbonyl (C=O) groups excluding carboxylic acids is 1. The van der Waals surface area contributed by atoms with E-state index in [0.29, 0.717) is 0 Å². The van der Waals surface area contributed by atoms with Gasteiger partial charge < -0.3 is 15.4 Å². The normalized spacial score (nSPS) is 28.3. The van der Waals surface area contributed by atoms with Gasteiger partial charge in [-0.3, -0.25) is 4.89 Å². The first-order valence-electron chi connectivity index (χ1n) is 9.30. The summed E-state index contributed by atoms with van der Waals surface area (Å²) in [4.78, 5) is 22.5. The molecule has 0 aromatic rings. The van der Waals surface area contributed by atoms with Crippen molar-refractivity contribution in [2.75, 3.05) is 0 Å². The van der Waals surface area contributed by atoms with E-state index >= 15 is 0 Å². The molecule has 0 spiro atoms. The van der Waals surface area contributed by atoms with Gasteiger partial charge in [-0.2, -0.15) is 4.89 Å². The molecule has 2 saturated heterocycles. The fourth-order valence-electron chi connectivity index (χ4n) is 4.87. The Morgan fingerprint density at radius 2 is 1.08 bits per heavy atom. The SMILES string of the molecule is CC1(C)CC(OOC(=O)OC2CC(C)(C)NC(C)(C)C2)CC(C)(C)N1. The maximum absolute atomic E-state index is 12.1. The zero-order chi connectivity index (χ0) is 19.1. The van der Waals surface area contributed by atoms with Crippen molar-refractivity contribution in [3.8, 4) is 0 Å². The van der Waals surface area contributed by atoms with Crippen LogP contribution in [-0.4, -0.2) is 40.5 Å². The Balaban J connectivity index is 1.84. The predicted octanol–water partition coefficient (Wildman–Crippen LogP) is 3.69. The van der Waals surface area contributed by atoms with Crippen LogP contribution >= 0.6 is 0 Å². The lowest BCUT2D eigenvalue weighted by Crippen LogP contribution is -2.60. The molecule has 2 rings (SSSR count). The average Bonchev–Trinajstić information content (AvgIpc) is 2.28. The minimum Gasteiger partial charge on any atom is -0.429 e. The van der Waals surface area contributed by atoms with Crippen LogP contribution in [0.5, 0.6) is 0 Å². The van der Waals surface area contributed by atoms with Crippen LogP contribution in [0.3, 0.4) is 0 Å². The van der Waals surface area contributed by atoms with Crippen molar-refractivity contribution in [2.45, 2.75) is 115 Å². The second-order valence-corrected chi connectivity index (χ2v) is 10.4. The maximum Gasteiger partial charge on any atom is 0.540 e. The van der Waals surface area contributed by atoms with Crippen LogP contribution in [0.4, 0.5) is 4.79 Å². The van der Waals surface area contributed by atoms with E-state index in [2.05, 4.69) is 66.0 Å². The van der Waals surface area contributed by atoms with Crippen molar-refractivity contribution < 1.29 is 19.3 Å². The summed E-state index contributed by atoms with van der Waals surface area (Å²) in [6.07, 6.45) is 1.99. The van der Waals surface area contributed by atoms with Gasteiger partial charge in [-0.05, 0) is 68.2 Å². The van der Waals surface area contributed by atoms with Crippen molar-refractivity contribution >= 4 is 6.16 Å². The Bertz CT molecular complexity index is 468. The molecule has 6 heteroatoms. The number of ether oxygens (including phenoxy) is 1. The van der Waals surface area contributed by atoms with E-state index in [-0.39, 0.29) is 34.4 Å². The van der Waals surface area contributed by atoms with Gasteiger partial charge in [0.15, 0.2) is 0 Å². The molecular weight excluding hydrogens is 320 g/mol. The summed E-state index contributed by atoms with van der Waals surface area (Å²) in [5, 5.41) is 7.14. The fraction of sp³-hybridized carbons (Fsp3) is 0.947. The minimum absolute atomic E-state index is 0.0667. The highest BCUT2D eigenvalue weighted by Gasteiger charge is 2.41.